The maximum Gasteiger partial charge on any atom is 0.243 e. The van der Waals surface area contributed by atoms with Gasteiger partial charge in [-0.2, -0.15) is 0 Å². The van der Waals surface area contributed by atoms with E-state index < -0.39 is 0 Å². The van der Waals surface area contributed by atoms with Crippen molar-refractivity contribution in [2.75, 3.05) is 13.1 Å². The summed E-state index contributed by atoms with van der Waals surface area (Å²) < 4.78 is 0. The number of hydrogen-bond donors (Lipinski definition) is 1. The first-order valence-corrected chi connectivity index (χ1v) is 10.7. The molecule has 3 heterocycles. The fourth-order valence-corrected chi connectivity index (χ4v) is 4.91. The molecule has 0 radical (unpaired) electrons. The summed E-state index contributed by atoms with van der Waals surface area (Å²) in [4.78, 5) is 46.1. The van der Waals surface area contributed by atoms with E-state index in [0.717, 1.165) is 30.0 Å². The molecule has 7 nitrogen and oxygen atoms in total. The number of aromatic nitrogens is 1. The third kappa shape index (κ3) is 4.43. The molecule has 0 bridgehead atoms. The molecule has 0 saturated carbocycles. The lowest BCUT2D eigenvalue weighted by molar-refractivity contribution is -0.136. The molecular weight excluding hydrogens is 376 g/mol. The van der Waals surface area contributed by atoms with Gasteiger partial charge in [-0.25, -0.2) is 4.98 Å². The molecule has 3 rings (SSSR count). The molecular formula is C20H28N4O3S. The monoisotopic (exact) mass is 404 g/mol. The lowest BCUT2D eigenvalue weighted by Gasteiger charge is -2.29. The molecule has 1 saturated heterocycles. The minimum Gasteiger partial charge on any atom is -0.346 e. The van der Waals surface area contributed by atoms with Crippen LogP contribution >= 0.6 is 11.3 Å². The van der Waals surface area contributed by atoms with Crippen molar-refractivity contribution in [1.82, 2.24) is 20.1 Å². The van der Waals surface area contributed by atoms with E-state index in [9.17, 15) is 14.4 Å². The highest BCUT2D eigenvalue weighted by atomic mass is 32.1. The first-order valence-electron chi connectivity index (χ1n) is 9.88. The molecule has 1 aromatic heterocycles. The molecule has 0 aromatic carbocycles. The van der Waals surface area contributed by atoms with Crippen LogP contribution in [-0.4, -0.2) is 51.6 Å². The Balaban J connectivity index is 1.60. The number of thiazole rings is 1. The predicted molar refractivity (Wildman–Crippen MR) is 107 cm³/mol. The maximum absolute atomic E-state index is 13.0. The Hall–Kier alpha value is -2.22. The van der Waals surface area contributed by atoms with E-state index in [0.29, 0.717) is 32.6 Å². The van der Waals surface area contributed by atoms with Crippen molar-refractivity contribution in [3.05, 3.63) is 28.2 Å². The molecule has 0 aliphatic carbocycles. The Morgan fingerprint density at radius 1 is 1.46 bits per heavy atom. The highest BCUT2D eigenvalue weighted by Gasteiger charge is 2.39. The van der Waals surface area contributed by atoms with Crippen LogP contribution < -0.4 is 5.32 Å². The summed E-state index contributed by atoms with van der Waals surface area (Å²) in [6, 6.07) is 0.190. The van der Waals surface area contributed by atoms with Crippen molar-refractivity contribution in [2.24, 2.45) is 5.92 Å². The largest absolute Gasteiger partial charge is 0.346 e. The summed E-state index contributed by atoms with van der Waals surface area (Å²) in [5.74, 6) is -0.332. The number of hydrogen-bond acceptors (Lipinski definition) is 5. The third-order valence-corrected chi connectivity index (χ3v) is 6.59. The standard InChI is InChI=1S/C20H28N4O3S/c1-4-6-13(3)24-11-14(9-19(24)26)20(27)23-8-7-16-15(12-23)22-18(28-16)10-21-17(25)5-2/h5,13-14H,2,4,6-12H2,1,3H3,(H,21,25). The van der Waals surface area contributed by atoms with Crippen LogP contribution in [0.15, 0.2) is 12.7 Å². The van der Waals surface area contributed by atoms with Gasteiger partial charge in [0, 0.05) is 36.9 Å². The van der Waals surface area contributed by atoms with Crippen molar-refractivity contribution in [1.29, 1.82) is 0 Å². The van der Waals surface area contributed by atoms with Crippen molar-refractivity contribution in [3.8, 4) is 0 Å². The highest BCUT2D eigenvalue weighted by molar-refractivity contribution is 7.11. The maximum atomic E-state index is 13.0. The smallest absolute Gasteiger partial charge is 0.243 e. The second-order valence-electron chi connectivity index (χ2n) is 7.49. The first kappa shape index (κ1) is 20.5. The van der Waals surface area contributed by atoms with Crippen LogP contribution in [0.5, 0.6) is 0 Å². The zero-order valence-corrected chi connectivity index (χ0v) is 17.4. The van der Waals surface area contributed by atoms with Gasteiger partial charge in [0.15, 0.2) is 0 Å². The molecule has 0 spiro atoms. The number of nitrogens with one attached hydrogen (secondary N) is 1. The summed E-state index contributed by atoms with van der Waals surface area (Å²) >= 11 is 1.58. The van der Waals surface area contributed by atoms with E-state index in [1.165, 1.54) is 11.0 Å². The number of carbonyl (C=O) groups excluding carboxylic acids is 3. The average molecular weight is 405 g/mol. The topological polar surface area (TPSA) is 82.6 Å². The van der Waals surface area contributed by atoms with Crippen LogP contribution in [0.2, 0.25) is 0 Å². The van der Waals surface area contributed by atoms with Crippen molar-refractivity contribution in [3.63, 3.8) is 0 Å². The molecule has 2 aliphatic heterocycles. The van der Waals surface area contributed by atoms with Gasteiger partial charge in [0.05, 0.1) is 24.7 Å². The van der Waals surface area contributed by atoms with Gasteiger partial charge in [0.1, 0.15) is 5.01 Å². The van der Waals surface area contributed by atoms with Gasteiger partial charge in [-0.1, -0.05) is 19.9 Å². The second-order valence-corrected chi connectivity index (χ2v) is 8.66. The van der Waals surface area contributed by atoms with Crippen molar-refractivity contribution < 1.29 is 14.4 Å². The van der Waals surface area contributed by atoms with Crippen molar-refractivity contribution >= 4 is 29.1 Å². The number of amides is 3. The van der Waals surface area contributed by atoms with Crippen LogP contribution in [0.1, 0.15) is 48.7 Å². The lowest BCUT2D eigenvalue weighted by atomic mass is 10.0. The normalized spacial score (nSPS) is 20.1. The van der Waals surface area contributed by atoms with E-state index in [1.54, 1.807) is 11.3 Å². The second kappa shape index (κ2) is 8.86. The van der Waals surface area contributed by atoms with Gasteiger partial charge in [-0.15, -0.1) is 11.3 Å². The van der Waals surface area contributed by atoms with E-state index in [1.807, 2.05) is 9.80 Å². The first-order chi connectivity index (χ1) is 13.4. The number of nitrogens with zero attached hydrogens (tertiary/aromatic N) is 3. The van der Waals surface area contributed by atoms with Crippen LogP contribution in [0.4, 0.5) is 0 Å². The Morgan fingerprint density at radius 2 is 2.25 bits per heavy atom. The highest BCUT2D eigenvalue weighted by Crippen LogP contribution is 2.29. The summed E-state index contributed by atoms with van der Waals surface area (Å²) in [6.45, 7) is 9.64. The summed E-state index contributed by atoms with van der Waals surface area (Å²) in [5.41, 5.74) is 0.910. The number of fused-ring (bicyclic) bond motifs is 1. The molecule has 3 amide bonds. The molecule has 1 fully saturated rings. The molecule has 28 heavy (non-hydrogen) atoms. The van der Waals surface area contributed by atoms with E-state index in [2.05, 4.69) is 30.7 Å². The Labute approximate surface area is 169 Å². The predicted octanol–water partition coefficient (Wildman–Crippen LogP) is 1.87. The van der Waals surface area contributed by atoms with Crippen LogP contribution in [-0.2, 0) is 33.9 Å². The molecule has 1 N–H and O–H groups in total. The van der Waals surface area contributed by atoms with Gasteiger partial charge in [-0.3, -0.25) is 14.4 Å². The lowest BCUT2D eigenvalue weighted by Crippen LogP contribution is -2.41. The summed E-state index contributed by atoms with van der Waals surface area (Å²) in [7, 11) is 0. The van der Waals surface area contributed by atoms with Gasteiger partial charge in [0.2, 0.25) is 17.7 Å². The average Bonchev–Trinajstić information content (AvgIpc) is 3.28. The summed E-state index contributed by atoms with van der Waals surface area (Å²) in [5, 5.41) is 3.57. The van der Waals surface area contributed by atoms with E-state index >= 15 is 0 Å². The zero-order chi connectivity index (χ0) is 20.3. The van der Waals surface area contributed by atoms with Crippen LogP contribution in [0.3, 0.4) is 0 Å². The molecule has 2 unspecified atom stereocenters. The minimum atomic E-state index is -0.252. The fourth-order valence-electron chi connectivity index (χ4n) is 3.91. The van der Waals surface area contributed by atoms with Crippen molar-refractivity contribution in [2.45, 2.75) is 58.7 Å². The van der Waals surface area contributed by atoms with Crippen LogP contribution in [0.25, 0.3) is 0 Å². The molecule has 2 aliphatic rings. The van der Waals surface area contributed by atoms with Gasteiger partial charge in [-0.05, 0) is 19.4 Å². The Morgan fingerprint density at radius 3 is 2.96 bits per heavy atom. The van der Waals surface area contributed by atoms with Gasteiger partial charge < -0.3 is 15.1 Å². The molecule has 2 atom stereocenters. The zero-order valence-electron chi connectivity index (χ0n) is 16.6. The third-order valence-electron chi connectivity index (χ3n) is 5.43. The SMILES string of the molecule is C=CC(=O)NCc1nc2c(s1)CCN(C(=O)C1CC(=O)N(C(C)CCC)C1)C2. The Bertz CT molecular complexity index is 776. The molecule has 8 heteroatoms. The Kier molecular flexibility index (Phi) is 6.49. The van der Waals surface area contributed by atoms with E-state index in [-0.39, 0.29) is 29.7 Å². The number of carbonyl (C=O) groups is 3. The molecule has 1 aromatic rings. The quantitative estimate of drug-likeness (QED) is 0.704. The van der Waals surface area contributed by atoms with Gasteiger partial charge >= 0.3 is 0 Å². The number of rotatable bonds is 7. The van der Waals surface area contributed by atoms with Crippen LogP contribution in [0, 0.1) is 5.92 Å². The molecule has 152 valence electrons. The summed E-state index contributed by atoms with van der Waals surface area (Å²) in [6.07, 6.45) is 4.31. The number of likely N-dealkylation sites (tertiary alicyclic amines) is 1. The minimum absolute atomic E-state index is 0.0553. The fraction of sp³-hybridized carbons (Fsp3) is 0.600. The van der Waals surface area contributed by atoms with Gasteiger partial charge in [0.25, 0.3) is 0 Å². The van der Waals surface area contributed by atoms with E-state index in [4.69, 9.17) is 0 Å².